The van der Waals surface area contributed by atoms with E-state index in [9.17, 15) is 8.42 Å². The molecule has 0 aliphatic carbocycles. The second-order valence-corrected chi connectivity index (χ2v) is 7.82. The van der Waals surface area contributed by atoms with Gasteiger partial charge in [-0.2, -0.15) is 4.31 Å². The minimum atomic E-state index is -3.56. The highest BCUT2D eigenvalue weighted by molar-refractivity contribution is 7.89. The maximum atomic E-state index is 13.1. The summed E-state index contributed by atoms with van der Waals surface area (Å²) in [6.45, 7) is 3.03. The topological polar surface area (TPSA) is 76.3 Å². The van der Waals surface area contributed by atoms with Crippen molar-refractivity contribution in [2.24, 2.45) is 11.7 Å². The zero-order valence-corrected chi connectivity index (χ0v) is 14.7. The van der Waals surface area contributed by atoms with Gasteiger partial charge in [-0.3, -0.25) is 4.98 Å². The van der Waals surface area contributed by atoms with Crippen LogP contribution in [0.2, 0.25) is 0 Å². The van der Waals surface area contributed by atoms with Crippen LogP contribution in [0.3, 0.4) is 0 Å². The highest BCUT2D eigenvalue weighted by atomic mass is 35.5. The van der Waals surface area contributed by atoms with Crippen LogP contribution in [0, 0.1) is 5.92 Å². The van der Waals surface area contributed by atoms with Crippen LogP contribution in [-0.4, -0.2) is 36.8 Å². The summed E-state index contributed by atoms with van der Waals surface area (Å²) in [4.78, 5) is 4.57. The second kappa shape index (κ2) is 7.13. The van der Waals surface area contributed by atoms with Gasteiger partial charge < -0.3 is 5.73 Å². The third-order valence-electron chi connectivity index (χ3n) is 4.39. The van der Waals surface area contributed by atoms with E-state index in [4.69, 9.17) is 5.73 Å². The number of nitrogens with two attached hydrogens (primary N) is 1. The third-order valence-corrected chi connectivity index (χ3v) is 6.40. The molecule has 0 bridgehead atoms. The number of piperidine rings is 1. The number of hydrogen-bond donors (Lipinski definition) is 1. The zero-order valence-electron chi connectivity index (χ0n) is 13.1. The molecule has 0 saturated carbocycles. The van der Waals surface area contributed by atoms with Crippen molar-refractivity contribution >= 4 is 33.3 Å². The fourth-order valence-electron chi connectivity index (χ4n) is 3.19. The fraction of sp³-hybridized carbons (Fsp3) is 0.438. The molecule has 1 fully saturated rings. The molecule has 2 heterocycles. The SMILES string of the molecule is CC1CCN(S(=O)(=O)c2cccc3ncccc23)C(CN)C1.Cl. The van der Waals surface area contributed by atoms with E-state index < -0.39 is 10.0 Å². The minimum absolute atomic E-state index is 0. The van der Waals surface area contributed by atoms with E-state index in [1.54, 1.807) is 34.8 Å². The van der Waals surface area contributed by atoms with Gasteiger partial charge in [0, 0.05) is 30.7 Å². The van der Waals surface area contributed by atoms with Gasteiger partial charge in [-0.25, -0.2) is 8.42 Å². The van der Waals surface area contributed by atoms with Gasteiger partial charge in [0.05, 0.1) is 10.4 Å². The molecule has 2 aromatic rings. The van der Waals surface area contributed by atoms with Gasteiger partial charge in [0.1, 0.15) is 0 Å². The molecule has 126 valence electrons. The lowest BCUT2D eigenvalue weighted by molar-refractivity contribution is 0.211. The molecule has 1 aliphatic heterocycles. The van der Waals surface area contributed by atoms with Gasteiger partial charge in [0.2, 0.25) is 10.0 Å². The maximum absolute atomic E-state index is 13.1. The Labute approximate surface area is 143 Å². The van der Waals surface area contributed by atoms with E-state index in [0.29, 0.717) is 34.8 Å². The molecule has 0 spiro atoms. The van der Waals surface area contributed by atoms with Crippen LogP contribution in [0.15, 0.2) is 41.4 Å². The Morgan fingerprint density at radius 1 is 1.30 bits per heavy atom. The van der Waals surface area contributed by atoms with Crippen molar-refractivity contribution in [3.63, 3.8) is 0 Å². The Hall–Kier alpha value is -1.21. The summed E-state index contributed by atoms with van der Waals surface area (Å²) in [5.74, 6) is 0.509. The predicted molar refractivity (Wildman–Crippen MR) is 94.1 cm³/mol. The van der Waals surface area contributed by atoms with Crippen LogP contribution in [0.5, 0.6) is 0 Å². The molecular formula is C16H22ClN3O2S. The molecular weight excluding hydrogens is 334 g/mol. The predicted octanol–water partition coefficient (Wildman–Crippen LogP) is 2.40. The van der Waals surface area contributed by atoms with Crippen molar-refractivity contribution in [1.29, 1.82) is 0 Å². The van der Waals surface area contributed by atoms with Gasteiger partial charge in [0.25, 0.3) is 0 Å². The van der Waals surface area contributed by atoms with E-state index in [1.807, 2.05) is 6.07 Å². The number of halogens is 1. The number of nitrogens with zero attached hydrogens (tertiary/aromatic N) is 2. The molecule has 1 aromatic carbocycles. The van der Waals surface area contributed by atoms with E-state index >= 15 is 0 Å². The quantitative estimate of drug-likeness (QED) is 0.917. The van der Waals surface area contributed by atoms with Gasteiger partial charge in [0.15, 0.2) is 0 Å². The zero-order chi connectivity index (χ0) is 15.7. The number of rotatable bonds is 3. The van der Waals surface area contributed by atoms with Crippen molar-refractivity contribution in [2.45, 2.75) is 30.7 Å². The molecule has 0 radical (unpaired) electrons. The molecule has 23 heavy (non-hydrogen) atoms. The number of sulfonamides is 1. The van der Waals surface area contributed by atoms with Crippen molar-refractivity contribution < 1.29 is 8.42 Å². The fourth-order valence-corrected chi connectivity index (χ4v) is 5.05. The van der Waals surface area contributed by atoms with Crippen LogP contribution < -0.4 is 5.73 Å². The Kier molecular flexibility index (Phi) is 5.62. The summed E-state index contributed by atoms with van der Waals surface area (Å²) in [5, 5.41) is 0.666. The van der Waals surface area contributed by atoms with E-state index in [-0.39, 0.29) is 18.4 Å². The first-order valence-corrected chi connectivity index (χ1v) is 9.03. The lowest BCUT2D eigenvalue weighted by Crippen LogP contribution is -2.49. The molecule has 2 unspecified atom stereocenters. The Morgan fingerprint density at radius 2 is 2.09 bits per heavy atom. The Bertz CT molecular complexity index is 776. The van der Waals surface area contributed by atoms with Gasteiger partial charge in [-0.1, -0.05) is 13.0 Å². The molecule has 1 aromatic heterocycles. The summed E-state index contributed by atoms with van der Waals surface area (Å²) in [6, 6.07) is 8.67. The lowest BCUT2D eigenvalue weighted by atomic mass is 9.94. The molecule has 3 rings (SSSR count). The molecule has 7 heteroatoms. The summed E-state index contributed by atoms with van der Waals surface area (Å²) in [5.41, 5.74) is 6.52. The Morgan fingerprint density at radius 3 is 2.83 bits per heavy atom. The summed E-state index contributed by atoms with van der Waals surface area (Å²) >= 11 is 0. The van der Waals surface area contributed by atoms with Crippen molar-refractivity contribution in [1.82, 2.24) is 9.29 Å². The standard InChI is InChI=1S/C16H21N3O2S.ClH/c1-12-7-9-19(13(10-12)11-17)22(20,21)16-6-2-5-15-14(16)4-3-8-18-15;/h2-6,8,12-13H,7,9-11,17H2,1H3;1H. The van der Waals surface area contributed by atoms with Crippen molar-refractivity contribution in [2.75, 3.05) is 13.1 Å². The van der Waals surface area contributed by atoms with Crippen molar-refractivity contribution in [3.8, 4) is 0 Å². The van der Waals surface area contributed by atoms with Crippen LogP contribution in [-0.2, 0) is 10.0 Å². The number of benzene rings is 1. The van der Waals surface area contributed by atoms with E-state index in [0.717, 1.165) is 12.8 Å². The molecule has 2 N–H and O–H groups in total. The monoisotopic (exact) mass is 355 g/mol. The second-order valence-electron chi connectivity index (χ2n) is 5.96. The first kappa shape index (κ1) is 18.1. The number of pyridine rings is 1. The smallest absolute Gasteiger partial charge is 0.244 e. The highest BCUT2D eigenvalue weighted by Crippen LogP contribution is 2.30. The van der Waals surface area contributed by atoms with E-state index in [2.05, 4.69) is 11.9 Å². The number of hydrogen-bond acceptors (Lipinski definition) is 4. The molecule has 0 amide bonds. The van der Waals surface area contributed by atoms with Crippen LogP contribution >= 0.6 is 12.4 Å². The molecule has 2 atom stereocenters. The van der Waals surface area contributed by atoms with Crippen LogP contribution in [0.25, 0.3) is 10.9 Å². The summed E-state index contributed by atoms with van der Waals surface area (Å²) < 4.78 is 27.8. The van der Waals surface area contributed by atoms with Crippen LogP contribution in [0.1, 0.15) is 19.8 Å². The number of fused-ring (bicyclic) bond motifs is 1. The van der Waals surface area contributed by atoms with Gasteiger partial charge in [-0.15, -0.1) is 12.4 Å². The van der Waals surface area contributed by atoms with Gasteiger partial charge in [-0.05, 0) is 43.0 Å². The number of aromatic nitrogens is 1. The average Bonchev–Trinajstić information content (AvgIpc) is 2.53. The first-order chi connectivity index (χ1) is 10.5. The normalized spacial score (nSPS) is 22.7. The summed E-state index contributed by atoms with van der Waals surface area (Å²) in [7, 11) is -3.56. The average molecular weight is 356 g/mol. The first-order valence-electron chi connectivity index (χ1n) is 7.59. The van der Waals surface area contributed by atoms with Crippen molar-refractivity contribution in [3.05, 3.63) is 36.5 Å². The molecule has 1 saturated heterocycles. The highest BCUT2D eigenvalue weighted by Gasteiger charge is 2.35. The summed E-state index contributed by atoms with van der Waals surface area (Å²) in [6.07, 6.45) is 3.36. The largest absolute Gasteiger partial charge is 0.329 e. The maximum Gasteiger partial charge on any atom is 0.244 e. The Balaban J connectivity index is 0.00000192. The lowest BCUT2D eigenvalue weighted by Gasteiger charge is -2.37. The minimum Gasteiger partial charge on any atom is -0.329 e. The third kappa shape index (κ3) is 3.35. The molecule has 5 nitrogen and oxygen atoms in total. The van der Waals surface area contributed by atoms with E-state index in [1.165, 1.54) is 0 Å². The van der Waals surface area contributed by atoms with Crippen LogP contribution in [0.4, 0.5) is 0 Å². The molecule has 1 aliphatic rings. The van der Waals surface area contributed by atoms with Gasteiger partial charge >= 0.3 is 0 Å².